The van der Waals surface area contributed by atoms with Gasteiger partial charge in [-0.3, -0.25) is 4.98 Å². The highest BCUT2D eigenvalue weighted by Gasteiger charge is 2.11. The molecule has 1 aromatic carbocycles. The van der Waals surface area contributed by atoms with Crippen molar-refractivity contribution in [2.75, 3.05) is 17.6 Å². The number of rotatable bonds is 6. The van der Waals surface area contributed by atoms with Crippen molar-refractivity contribution in [3.8, 4) is 0 Å². The van der Waals surface area contributed by atoms with Gasteiger partial charge in [0.05, 0.1) is 11.2 Å². The summed E-state index contributed by atoms with van der Waals surface area (Å²) in [7, 11) is 0. The molecule has 0 fully saturated rings. The molecule has 0 spiro atoms. The zero-order valence-electron chi connectivity index (χ0n) is 11.2. The molecule has 1 aromatic heterocycles. The molecule has 0 atom stereocenters. The van der Waals surface area contributed by atoms with E-state index in [1.165, 1.54) is 18.9 Å². The fourth-order valence-corrected chi connectivity index (χ4v) is 2.17. The van der Waals surface area contributed by atoms with Gasteiger partial charge in [0.25, 0.3) is 0 Å². The number of nitrogen functional groups attached to an aromatic ring is 1. The molecule has 19 heavy (non-hydrogen) atoms. The first-order valence-corrected chi connectivity index (χ1v) is 6.80. The van der Waals surface area contributed by atoms with Crippen molar-refractivity contribution in [2.24, 2.45) is 0 Å². The van der Waals surface area contributed by atoms with E-state index >= 15 is 0 Å². The second kappa shape index (κ2) is 6.36. The van der Waals surface area contributed by atoms with E-state index in [0.29, 0.717) is 16.9 Å². The Bertz CT molecular complexity index is 554. The normalized spacial score (nSPS) is 10.8. The maximum Gasteiger partial charge on any atom is 0.150 e. The highest BCUT2D eigenvalue weighted by molar-refractivity contribution is 5.98. The quantitative estimate of drug-likeness (QED) is 0.611. The highest BCUT2D eigenvalue weighted by Crippen LogP contribution is 2.29. The van der Waals surface area contributed by atoms with Gasteiger partial charge in [-0.2, -0.15) is 0 Å². The Morgan fingerprint density at radius 3 is 2.95 bits per heavy atom. The molecule has 0 bridgehead atoms. The summed E-state index contributed by atoms with van der Waals surface area (Å²) in [5.74, 6) is -0.334. The van der Waals surface area contributed by atoms with Crippen LogP contribution >= 0.6 is 0 Å². The van der Waals surface area contributed by atoms with Crippen molar-refractivity contribution >= 4 is 22.3 Å². The summed E-state index contributed by atoms with van der Waals surface area (Å²) in [5, 5.41) is 3.94. The molecule has 3 nitrogen and oxygen atoms in total. The number of fused-ring (bicyclic) bond motifs is 1. The van der Waals surface area contributed by atoms with Crippen LogP contribution in [0.25, 0.3) is 10.9 Å². The lowest BCUT2D eigenvalue weighted by molar-refractivity contribution is 0.629. The maximum atomic E-state index is 14.0. The molecule has 0 radical (unpaired) electrons. The number of aromatic nitrogens is 1. The van der Waals surface area contributed by atoms with Crippen LogP contribution in [0, 0.1) is 5.82 Å². The lowest BCUT2D eigenvalue weighted by atomic mass is 10.1. The molecule has 0 amide bonds. The monoisotopic (exact) mass is 261 g/mol. The van der Waals surface area contributed by atoms with Gasteiger partial charge in [0.15, 0.2) is 5.82 Å². The fraction of sp³-hybridized carbons (Fsp3) is 0.400. The predicted octanol–water partition coefficient (Wildman–Crippen LogP) is 3.95. The SMILES string of the molecule is CCCCCCNc1c(F)cc(N)c2cccnc12. The van der Waals surface area contributed by atoms with Crippen molar-refractivity contribution in [1.29, 1.82) is 0 Å². The Balaban J connectivity index is 2.18. The Labute approximate surface area is 113 Å². The molecular weight excluding hydrogens is 241 g/mol. The standard InChI is InChI=1S/C15H20FN3/c1-2-3-4-5-8-19-15-12(16)10-13(17)11-7-6-9-18-14(11)15/h6-7,9-10,19H,2-5,8,17H2,1H3. The number of pyridine rings is 1. The molecule has 0 saturated carbocycles. The lowest BCUT2D eigenvalue weighted by Crippen LogP contribution is -2.05. The molecule has 0 aliphatic carbocycles. The number of hydrogen-bond acceptors (Lipinski definition) is 3. The average molecular weight is 261 g/mol. The minimum atomic E-state index is -0.334. The minimum Gasteiger partial charge on any atom is -0.398 e. The Morgan fingerprint density at radius 2 is 2.16 bits per heavy atom. The van der Waals surface area contributed by atoms with Crippen molar-refractivity contribution in [3.05, 3.63) is 30.2 Å². The fourth-order valence-electron chi connectivity index (χ4n) is 2.17. The van der Waals surface area contributed by atoms with Gasteiger partial charge in [0.1, 0.15) is 0 Å². The van der Waals surface area contributed by atoms with Gasteiger partial charge in [-0.25, -0.2) is 4.39 Å². The van der Waals surface area contributed by atoms with E-state index < -0.39 is 0 Å². The number of nitrogens with zero attached hydrogens (tertiary/aromatic N) is 1. The number of benzene rings is 1. The maximum absolute atomic E-state index is 14.0. The van der Waals surface area contributed by atoms with Crippen LogP contribution in [0.5, 0.6) is 0 Å². The summed E-state index contributed by atoms with van der Waals surface area (Å²) in [6.45, 7) is 2.93. The Morgan fingerprint density at radius 1 is 1.32 bits per heavy atom. The summed E-state index contributed by atoms with van der Waals surface area (Å²) < 4.78 is 14.0. The van der Waals surface area contributed by atoms with Gasteiger partial charge in [0.2, 0.25) is 0 Å². The van der Waals surface area contributed by atoms with Crippen molar-refractivity contribution < 1.29 is 4.39 Å². The molecule has 4 heteroatoms. The largest absolute Gasteiger partial charge is 0.398 e. The summed E-state index contributed by atoms with van der Waals surface area (Å²) >= 11 is 0. The summed E-state index contributed by atoms with van der Waals surface area (Å²) in [4.78, 5) is 4.24. The lowest BCUT2D eigenvalue weighted by Gasteiger charge is -2.11. The van der Waals surface area contributed by atoms with Crippen LogP contribution in [0.2, 0.25) is 0 Å². The third-order valence-electron chi connectivity index (χ3n) is 3.21. The predicted molar refractivity (Wildman–Crippen MR) is 78.7 cm³/mol. The molecule has 1 heterocycles. The molecule has 0 aliphatic heterocycles. The first kappa shape index (κ1) is 13.6. The zero-order valence-corrected chi connectivity index (χ0v) is 11.2. The van der Waals surface area contributed by atoms with Gasteiger partial charge in [-0.15, -0.1) is 0 Å². The number of halogens is 1. The molecule has 0 aliphatic rings. The second-order valence-corrected chi connectivity index (χ2v) is 4.71. The highest BCUT2D eigenvalue weighted by atomic mass is 19.1. The first-order valence-electron chi connectivity index (χ1n) is 6.80. The topological polar surface area (TPSA) is 50.9 Å². The molecule has 0 saturated heterocycles. The van der Waals surface area contributed by atoms with Crippen LogP contribution < -0.4 is 11.1 Å². The van der Waals surface area contributed by atoms with Crippen molar-refractivity contribution in [2.45, 2.75) is 32.6 Å². The molecular formula is C15H20FN3. The summed E-state index contributed by atoms with van der Waals surface area (Å²) in [6.07, 6.45) is 6.26. The number of unbranched alkanes of at least 4 members (excludes halogenated alkanes) is 3. The van der Waals surface area contributed by atoms with Crippen LogP contribution in [0.3, 0.4) is 0 Å². The molecule has 2 aromatic rings. The smallest absolute Gasteiger partial charge is 0.150 e. The van der Waals surface area contributed by atoms with Crippen LogP contribution in [0.15, 0.2) is 24.4 Å². The van der Waals surface area contributed by atoms with E-state index in [1.807, 2.05) is 12.1 Å². The number of nitrogens with two attached hydrogens (primary N) is 1. The molecule has 0 unspecified atom stereocenters. The van der Waals surface area contributed by atoms with Gasteiger partial charge < -0.3 is 11.1 Å². The number of hydrogen-bond donors (Lipinski definition) is 2. The molecule has 102 valence electrons. The Kier molecular flexibility index (Phi) is 4.55. The van der Waals surface area contributed by atoms with E-state index in [2.05, 4.69) is 17.2 Å². The van der Waals surface area contributed by atoms with Gasteiger partial charge >= 0.3 is 0 Å². The van der Waals surface area contributed by atoms with Crippen molar-refractivity contribution in [3.63, 3.8) is 0 Å². The van der Waals surface area contributed by atoms with E-state index in [0.717, 1.165) is 24.8 Å². The zero-order chi connectivity index (χ0) is 13.7. The van der Waals surface area contributed by atoms with E-state index in [4.69, 9.17) is 5.73 Å². The van der Waals surface area contributed by atoms with E-state index in [9.17, 15) is 4.39 Å². The van der Waals surface area contributed by atoms with Gasteiger partial charge in [-0.1, -0.05) is 26.2 Å². The van der Waals surface area contributed by atoms with Crippen LogP contribution in [-0.4, -0.2) is 11.5 Å². The third-order valence-corrected chi connectivity index (χ3v) is 3.21. The average Bonchev–Trinajstić information content (AvgIpc) is 2.42. The number of nitrogens with one attached hydrogen (secondary N) is 1. The third kappa shape index (κ3) is 3.13. The van der Waals surface area contributed by atoms with Gasteiger partial charge in [-0.05, 0) is 24.6 Å². The molecule has 3 N–H and O–H groups in total. The summed E-state index contributed by atoms with van der Waals surface area (Å²) in [6, 6.07) is 5.03. The van der Waals surface area contributed by atoms with Crippen LogP contribution in [0.1, 0.15) is 32.6 Å². The minimum absolute atomic E-state index is 0.334. The van der Waals surface area contributed by atoms with E-state index in [1.54, 1.807) is 6.20 Å². The first-order chi connectivity index (χ1) is 9.24. The van der Waals surface area contributed by atoms with Crippen LogP contribution in [0.4, 0.5) is 15.8 Å². The Hall–Kier alpha value is -1.84. The number of anilines is 2. The van der Waals surface area contributed by atoms with Crippen LogP contribution in [-0.2, 0) is 0 Å². The second-order valence-electron chi connectivity index (χ2n) is 4.71. The summed E-state index contributed by atoms with van der Waals surface area (Å²) in [5.41, 5.74) is 7.31. The molecule has 2 rings (SSSR count). The van der Waals surface area contributed by atoms with Crippen molar-refractivity contribution in [1.82, 2.24) is 4.98 Å². The van der Waals surface area contributed by atoms with Gasteiger partial charge in [0, 0.05) is 23.8 Å². The van der Waals surface area contributed by atoms with E-state index in [-0.39, 0.29) is 5.82 Å².